The van der Waals surface area contributed by atoms with Gasteiger partial charge in [0.1, 0.15) is 0 Å². The first kappa shape index (κ1) is 17.7. The highest BCUT2D eigenvalue weighted by atomic mass is 16.6. The van der Waals surface area contributed by atoms with Crippen molar-refractivity contribution < 1.29 is 19.0 Å². The summed E-state index contributed by atoms with van der Waals surface area (Å²) in [6.07, 6.45) is 3.80. The van der Waals surface area contributed by atoms with Gasteiger partial charge in [0.15, 0.2) is 6.10 Å². The molecule has 0 saturated heterocycles. The van der Waals surface area contributed by atoms with Crippen LogP contribution >= 0.6 is 0 Å². The topological polar surface area (TPSA) is 44.8 Å². The predicted molar refractivity (Wildman–Crippen MR) is 88.9 cm³/mol. The Morgan fingerprint density at radius 3 is 2.65 bits per heavy atom. The lowest BCUT2D eigenvalue weighted by atomic mass is 9.98. The molecule has 126 valence electrons. The third kappa shape index (κ3) is 5.81. The second-order valence-electron chi connectivity index (χ2n) is 6.15. The molecule has 1 heterocycles. The van der Waals surface area contributed by atoms with Crippen LogP contribution in [0.1, 0.15) is 32.8 Å². The maximum atomic E-state index is 11.9. The van der Waals surface area contributed by atoms with Crippen LogP contribution < -0.4 is 0 Å². The summed E-state index contributed by atoms with van der Waals surface area (Å²) < 4.78 is 16.8. The quantitative estimate of drug-likeness (QED) is 0.438. The van der Waals surface area contributed by atoms with Crippen LogP contribution in [0, 0.1) is 5.92 Å². The number of carbonyl (C=O) groups is 1. The molecular formula is C19H26O4. The van der Waals surface area contributed by atoms with Crippen molar-refractivity contribution in [3.63, 3.8) is 0 Å². The minimum atomic E-state index is -0.604. The Kier molecular flexibility index (Phi) is 6.81. The molecule has 2 rings (SSSR count). The number of hydrogen-bond acceptors (Lipinski definition) is 4. The van der Waals surface area contributed by atoms with Crippen molar-refractivity contribution in [2.75, 3.05) is 6.61 Å². The molecule has 0 N–H and O–H groups in total. The SMILES string of the molecule is CC(C)OC(=O)[C@H]1C=C[C@@H](C)[C@H](CCOCc2ccccc2)O1. The Labute approximate surface area is 138 Å². The molecule has 3 atom stereocenters. The van der Waals surface area contributed by atoms with Crippen molar-refractivity contribution >= 4 is 5.97 Å². The van der Waals surface area contributed by atoms with E-state index in [-0.39, 0.29) is 24.1 Å². The molecule has 0 aromatic heterocycles. The fraction of sp³-hybridized carbons (Fsp3) is 0.526. The largest absolute Gasteiger partial charge is 0.461 e. The molecule has 0 spiro atoms. The minimum absolute atomic E-state index is 0.0273. The van der Waals surface area contributed by atoms with Gasteiger partial charge in [0, 0.05) is 12.5 Å². The number of hydrogen-bond donors (Lipinski definition) is 0. The van der Waals surface area contributed by atoms with E-state index >= 15 is 0 Å². The Hall–Kier alpha value is -1.65. The molecule has 0 unspecified atom stereocenters. The van der Waals surface area contributed by atoms with E-state index in [1.807, 2.05) is 50.3 Å². The Balaban J connectivity index is 1.76. The Morgan fingerprint density at radius 2 is 1.96 bits per heavy atom. The summed E-state index contributed by atoms with van der Waals surface area (Å²) in [6.45, 7) is 6.95. The van der Waals surface area contributed by atoms with E-state index < -0.39 is 6.10 Å². The molecule has 0 amide bonds. The molecule has 1 aromatic carbocycles. The number of rotatable bonds is 7. The fourth-order valence-corrected chi connectivity index (χ4v) is 2.49. The highest BCUT2D eigenvalue weighted by Crippen LogP contribution is 2.22. The molecule has 0 saturated carbocycles. The lowest BCUT2D eigenvalue weighted by Crippen LogP contribution is -2.37. The van der Waals surface area contributed by atoms with E-state index in [1.54, 1.807) is 6.08 Å². The molecule has 0 bridgehead atoms. The van der Waals surface area contributed by atoms with Gasteiger partial charge in [-0.15, -0.1) is 0 Å². The zero-order valence-electron chi connectivity index (χ0n) is 14.1. The summed E-state index contributed by atoms with van der Waals surface area (Å²) >= 11 is 0. The van der Waals surface area contributed by atoms with Gasteiger partial charge in [-0.25, -0.2) is 4.79 Å². The van der Waals surface area contributed by atoms with Gasteiger partial charge in [-0.1, -0.05) is 43.3 Å². The van der Waals surface area contributed by atoms with Gasteiger partial charge in [-0.2, -0.15) is 0 Å². The second kappa shape index (κ2) is 8.85. The summed E-state index contributed by atoms with van der Waals surface area (Å²) in [5.74, 6) is -0.0585. The van der Waals surface area contributed by atoms with Crippen LogP contribution in [-0.2, 0) is 25.6 Å². The van der Waals surface area contributed by atoms with Crippen LogP contribution in [0.2, 0.25) is 0 Å². The zero-order valence-corrected chi connectivity index (χ0v) is 14.1. The first-order valence-electron chi connectivity index (χ1n) is 8.22. The molecule has 23 heavy (non-hydrogen) atoms. The number of benzene rings is 1. The lowest BCUT2D eigenvalue weighted by molar-refractivity contribution is -0.163. The van der Waals surface area contributed by atoms with Crippen LogP contribution in [0.15, 0.2) is 42.5 Å². The molecule has 1 aromatic rings. The van der Waals surface area contributed by atoms with Crippen LogP contribution in [0.3, 0.4) is 0 Å². The standard InChI is InChI=1S/C19H26O4/c1-14(2)22-19(20)18-10-9-15(3)17(23-18)11-12-21-13-16-7-5-4-6-8-16/h4-10,14-15,17-18H,11-13H2,1-3H3/t15-,17+,18-/m1/s1. The fourth-order valence-electron chi connectivity index (χ4n) is 2.49. The molecule has 0 fully saturated rings. The summed E-state index contributed by atoms with van der Waals surface area (Å²) in [7, 11) is 0. The van der Waals surface area contributed by atoms with Gasteiger partial charge in [-0.3, -0.25) is 0 Å². The number of ether oxygens (including phenoxy) is 3. The minimum Gasteiger partial charge on any atom is -0.461 e. The normalized spacial score (nSPS) is 23.9. The average Bonchev–Trinajstić information content (AvgIpc) is 2.53. The lowest BCUT2D eigenvalue weighted by Gasteiger charge is -2.29. The molecule has 4 heteroatoms. The van der Waals surface area contributed by atoms with Crippen LogP contribution in [-0.4, -0.2) is 30.9 Å². The van der Waals surface area contributed by atoms with Crippen molar-refractivity contribution in [3.8, 4) is 0 Å². The van der Waals surface area contributed by atoms with Crippen LogP contribution in [0.4, 0.5) is 0 Å². The van der Waals surface area contributed by atoms with Crippen molar-refractivity contribution in [1.29, 1.82) is 0 Å². The summed E-state index contributed by atoms with van der Waals surface area (Å²) in [5, 5.41) is 0. The Morgan fingerprint density at radius 1 is 1.22 bits per heavy atom. The Bertz CT molecular complexity index is 509. The molecule has 0 radical (unpaired) electrons. The van der Waals surface area contributed by atoms with Gasteiger partial charge in [0.2, 0.25) is 0 Å². The van der Waals surface area contributed by atoms with E-state index in [2.05, 4.69) is 6.92 Å². The van der Waals surface area contributed by atoms with E-state index in [0.717, 1.165) is 12.0 Å². The third-order valence-corrected chi connectivity index (χ3v) is 3.74. The van der Waals surface area contributed by atoms with Gasteiger partial charge < -0.3 is 14.2 Å². The van der Waals surface area contributed by atoms with Crippen molar-refractivity contribution in [1.82, 2.24) is 0 Å². The summed E-state index contributed by atoms with van der Waals surface area (Å²) in [6, 6.07) is 10.1. The third-order valence-electron chi connectivity index (χ3n) is 3.74. The van der Waals surface area contributed by atoms with Gasteiger partial charge >= 0.3 is 5.97 Å². The molecular weight excluding hydrogens is 292 g/mol. The maximum absolute atomic E-state index is 11.9. The average molecular weight is 318 g/mol. The van der Waals surface area contributed by atoms with Crippen LogP contribution in [0.5, 0.6) is 0 Å². The second-order valence-corrected chi connectivity index (χ2v) is 6.15. The summed E-state index contributed by atoms with van der Waals surface area (Å²) in [4.78, 5) is 11.9. The van der Waals surface area contributed by atoms with Gasteiger partial charge in [0.25, 0.3) is 0 Å². The van der Waals surface area contributed by atoms with Crippen molar-refractivity contribution in [3.05, 3.63) is 48.0 Å². The molecule has 1 aliphatic rings. The smallest absolute Gasteiger partial charge is 0.339 e. The highest BCUT2D eigenvalue weighted by molar-refractivity contribution is 5.77. The first-order valence-corrected chi connectivity index (χ1v) is 8.22. The highest BCUT2D eigenvalue weighted by Gasteiger charge is 2.29. The maximum Gasteiger partial charge on any atom is 0.339 e. The van der Waals surface area contributed by atoms with Crippen molar-refractivity contribution in [2.45, 2.75) is 52.1 Å². The summed E-state index contributed by atoms with van der Waals surface area (Å²) in [5.41, 5.74) is 1.16. The van der Waals surface area contributed by atoms with Crippen molar-refractivity contribution in [2.24, 2.45) is 5.92 Å². The van der Waals surface area contributed by atoms with Crippen LogP contribution in [0.25, 0.3) is 0 Å². The van der Waals surface area contributed by atoms with Gasteiger partial charge in [-0.05, 0) is 31.9 Å². The molecule has 4 nitrogen and oxygen atoms in total. The zero-order chi connectivity index (χ0) is 16.7. The number of esters is 1. The van der Waals surface area contributed by atoms with E-state index in [4.69, 9.17) is 14.2 Å². The van der Waals surface area contributed by atoms with E-state index in [9.17, 15) is 4.79 Å². The predicted octanol–water partition coefficient (Wildman–Crippen LogP) is 3.50. The van der Waals surface area contributed by atoms with E-state index in [0.29, 0.717) is 13.2 Å². The molecule has 0 aliphatic carbocycles. The monoisotopic (exact) mass is 318 g/mol. The molecule has 1 aliphatic heterocycles. The van der Waals surface area contributed by atoms with Gasteiger partial charge in [0.05, 0.1) is 18.8 Å². The first-order chi connectivity index (χ1) is 11.1. The number of carbonyl (C=O) groups excluding carboxylic acids is 1. The van der Waals surface area contributed by atoms with E-state index in [1.165, 1.54) is 0 Å².